The van der Waals surface area contributed by atoms with Crippen molar-refractivity contribution < 1.29 is 9.53 Å². The molecule has 1 aliphatic heterocycles. The molecule has 0 saturated carbocycles. The van der Waals surface area contributed by atoms with E-state index < -0.39 is 0 Å². The number of hydrogen-bond donors (Lipinski definition) is 0. The van der Waals surface area contributed by atoms with Crippen LogP contribution in [-0.4, -0.2) is 17.5 Å². The van der Waals surface area contributed by atoms with Crippen LogP contribution in [0.4, 0.5) is 4.79 Å². The lowest BCUT2D eigenvalue weighted by Crippen LogP contribution is -2.37. The fraction of sp³-hybridized carbons (Fsp3) is 0.316. The molecule has 2 aliphatic rings. The number of likely N-dealkylation sites (tertiary alicyclic amines) is 1. The molecule has 0 radical (unpaired) electrons. The average molecular weight is 328 g/mol. The van der Waals surface area contributed by atoms with Gasteiger partial charge in [-0.25, -0.2) is 4.79 Å². The highest BCUT2D eigenvalue weighted by Crippen LogP contribution is 2.51. The minimum absolute atomic E-state index is 0.0562. The van der Waals surface area contributed by atoms with Crippen molar-refractivity contribution in [3.8, 4) is 0 Å². The highest BCUT2D eigenvalue weighted by atomic mass is 35.5. The largest absolute Gasteiger partial charge is 0.445 e. The molecule has 2 bridgehead atoms. The first-order valence-corrected chi connectivity index (χ1v) is 8.37. The maximum atomic E-state index is 12.5. The molecule has 2 atom stereocenters. The molecule has 1 amide bonds. The Balaban J connectivity index is 1.52. The van der Waals surface area contributed by atoms with E-state index in [0.717, 1.165) is 35.5 Å². The zero-order chi connectivity index (χ0) is 15.8. The van der Waals surface area contributed by atoms with Gasteiger partial charge in [-0.3, -0.25) is 0 Å². The monoisotopic (exact) mass is 327 g/mol. The number of ether oxygens (including phenoxy) is 1. The van der Waals surface area contributed by atoms with Crippen molar-refractivity contribution in [3.05, 3.63) is 70.2 Å². The summed E-state index contributed by atoms with van der Waals surface area (Å²) in [4.78, 5) is 14.4. The topological polar surface area (TPSA) is 29.5 Å². The molecule has 3 nitrogen and oxygen atoms in total. The number of fused-ring (bicyclic) bond motifs is 5. The summed E-state index contributed by atoms with van der Waals surface area (Å²) in [6.07, 6.45) is 1.69. The van der Waals surface area contributed by atoms with Crippen LogP contribution in [0.1, 0.15) is 41.5 Å². The van der Waals surface area contributed by atoms with E-state index in [2.05, 4.69) is 6.07 Å². The molecular weight excluding hydrogens is 310 g/mol. The zero-order valence-corrected chi connectivity index (χ0v) is 13.5. The molecule has 1 saturated heterocycles. The van der Waals surface area contributed by atoms with Crippen LogP contribution in [0.3, 0.4) is 0 Å². The minimum atomic E-state index is -0.245. The number of nitrogens with zero attached hydrogens (tertiary/aromatic N) is 1. The second-order valence-electron chi connectivity index (χ2n) is 6.21. The molecule has 2 aromatic carbocycles. The van der Waals surface area contributed by atoms with E-state index in [9.17, 15) is 4.79 Å². The third kappa shape index (κ3) is 2.59. The molecule has 1 heterocycles. The molecule has 1 unspecified atom stereocenters. The van der Waals surface area contributed by atoms with E-state index in [1.807, 2.05) is 47.4 Å². The van der Waals surface area contributed by atoms with E-state index in [1.165, 1.54) is 5.56 Å². The van der Waals surface area contributed by atoms with Crippen molar-refractivity contribution in [1.29, 1.82) is 0 Å². The molecule has 1 fully saturated rings. The number of halogens is 1. The zero-order valence-electron chi connectivity index (χ0n) is 12.7. The van der Waals surface area contributed by atoms with Crippen molar-refractivity contribution in [2.75, 3.05) is 6.54 Å². The quantitative estimate of drug-likeness (QED) is 0.784. The van der Waals surface area contributed by atoms with Gasteiger partial charge in [-0.2, -0.15) is 0 Å². The van der Waals surface area contributed by atoms with Gasteiger partial charge in [0.1, 0.15) is 6.61 Å². The van der Waals surface area contributed by atoms with E-state index in [1.54, 1.807) is 0 Å². The maximum Gasteiger partial charge on any atom is 0.410 e. The highest BCUT2D eigenvalue weighted by Gasteiger charge is 2.42. The predicted molar refractivity (Wildman–Crippen MR) is 89.5 cm³/mol. The smallest absolute Gasteiger partial charge is 0.410 e. The lowest BCUT2D eigenvalue weighted by molar-refractivity contribution is 0.0695. The summed E-state index contributed by atoms with van der Waals surface area (Å²) in [6, 6.07) is 15.9. The van der Waals surface area contributed by atoms with Crippen molar-refractivity contribution in [2.24, 2.45) is 0 Å². The SMILES string of the molecule is O=C(OCc1ccccc1)N1CC[C@@H]2CC1c1c(Cl)cccc12. The maximum absolute atomic E-state index is 12.5. The molecule has 118 valence electrons. The van der Waals surface area contributed by atoms with Crippen LogP contribution in [-0.2, 0) is 11.3 Å². The fourth-order valence-corrected chi connectivity index (χ4v) is 4.11. The number of carbonyl (C=O) groups is 1. The van der Waals surface area contributed by atoms with Gasteiger partial charge < -0.3 is 9.64 Å². The number of benzene rings is 2. The first-order chi connectivity index (χ1) is 11.2. The van der Waals surface area contributed by atoms with Crippen LogP contribution in [0.5, 0.6) is 0 Å². The first kappa shape index (κ1) is 14.6. The summed E-state index contributed by atoms with van der Waals surface area (Å²) >= 11 is 6.40. The van der Waals surface area contributed by atoms with Gasteiger partial charge in [0.25, 0.3) is 0 Å². The third-order valence-corrected chi connectivity index (χ3v) is 5.23. The highest BCUT2D eigenvalue weighted by molar-refractivity contribution is 6.31. The van der Waals surface area contributed by atoms with Gasteiger partial charge in [-0.05, 0) is 41.5 Å². The second kappa shape index (κ2) is 5.89. The summed E-state index contributed by atoms with van der Waals surface area (Å²) in [5.41, 5.74) is 3.43. The van der Waals surface area contributed by atoms with Crippen LogP contribution in [0.25, 0.3) is 0 Å². The average Bonchev–Trinajstić information content (AvgIpc) is 2.88. The Hall–Kier alpha value is -2.00. The van der Waals surface area contributed by atoms with Crippen molar-refractivity contribution in [2.45, 2.75) is 31.4 Å². The number of piperidine rings is 1. The third-order valence-electron chi connectivity index (χ3n) is 4.90. The van der Waals surface area contributed by atoms with E-state index in [0.29, 0.717) is 12.5 Å². The minimum Gasteiger partial charge on any atom is -0.445 e. The summed E-state index contributed by atoms with van der Waals surface area (Å²) < 4.78 is 5.52. The van der Waals surface area contributed by atoms with Crippen LogP contribution < -0.4 is 0 Å². The van der Waals surface area contributed by atoms with Gasteiger partial charge in [0, 0.05) is 11.6 Å². The molecule has 0 spiro atoms. The molecule has 0 aromatic heterocycles. The normalized spacial score (nSPS) is 21.9. The Morgan fingerprint density at radius 2 is 2.00 bits per heavy atom. The Labute approximate surface area is 140 Å². The molecule has 4 heteroatoms. The van der Waals surface area contributed by atoms with Crippen LogP contribution in [0.2, 0.25) is 5.02 Å². The summed E-state index contributed by atoms with van der Waals surface area (Å²) in [5.74, 6) is 0.520. The van der Waals surface area contributed by atoms with E-state index >= 15 is 0 Å². The number of rotatable bonds is 2. The molecule has 1 aliphatic carbocycles. The fourth-order valence-electron chi connectivity index (χ4n) is 3.80. The van der Waals surface area contributed by atoms with E-state index in [-0.39, 0.29) is 12.1 Å². The standard InChI is InChI=1S/C19H18ClNO2/c20-16-8-4-7-15-14-9-10-21(17(11-14)18(15)16)19(22)23-12-13-5-2-1-3-6-13/h1-8,14,17H,9-12H2/t14-,17?/m1/s1. The number of hydrogen-bond acceptors (Lipinski definition) is 2. The Bertz CT molecular complexity index is 731. The molecule has 23 heavy (non-hydrogen) atoms. The van der Waals surface area contributed by atoms with Gasteiger partial charge >= 0.3 is 6.09 Å². The lowest BCUT2D eigenvalue weighted by atomic mass is 9.96. The summed E-state index contributed by atoms with van der Waals surface area (Å²) in [7, 11) is 0. The van der Waals surface area contributed by atoms with Crippen molar-refractivity contribution in [1.82, 2.24) is 4.90 Å². The summed E-state index contributed by atoms with van der Waals surface area (Å²) in [6.45, 7) is 1.04. The Morgan fingerprint density at radius 1 is 1.17 bits per heavy atom. The Morgan fingerprint density at radius 3 is 2.83 bits per heavy atom. The van der Waals surface area contributed by atoms with Gasteiger partial charge in [0.2, 0.25) is 0 Å². The van der Waals surface area contributed by atoms with E-state index in [4.69, 9.17) is 16.3 Å². The molecule has 4 rings (SSSR count). The number of carbonyl (C=O) groups excluding carboxylic acids is 1. The lowest BCUT2D eigenvalue weighted by Gasteiger charge is -2.33. The van der Waals surface area contributed by atoms with Crippen LogP contribution >= 0.6 is 11.6 Å². The van der Waals surface area contributed by atoms with Gasteiger partial charge in [0.15, 0.2) is 0 Å². The molecule has 2 aromatic rings. The van der Waals surface area contributed by atoms with Crippen LogP contribution in [0, 0.1) is 0 Å². The van der Waals surface area contributed by atoms with Crippen molar-refractivity contribution >= 4 is 17.7 Å². The molecule has 0 N–H and O–H groups in total. The molecular formula is C19H18ClNO2. The van der Waals surface area contributed by atoms with Crippen LogP contribution in [0.15, 0.2) is 48.5 Å². The van der Waals surface area contributed by atoms with Gasteiger partial charge in [-0.15, -0.1) is 0 Å². The Kier molecular flexibility index (Phi) is 3.74. The predicted octanol–water partition coefficient (Wildman–Crippen LogP) is 4.91. The first-order valence-electron chi connectivity index (χ1n) is 7.99. The van der Waals surface area contributed by atoms with Gasteiger partial charge in [-0.1, -0.05) is 54.1 Å². The second-order valence-corrected chi connectivity index (χ2v) is 6.62. The van der Waals surface area contributed by atoms with Crippen molar-refractivity contribution in [3.63, 3.8) is 0 Å². The summed E-state index contributed by atoms with van der Waals surface area (Å²) in [5, 5.41) is 0.762. The van der Waals surface area contributed by atoms with Gasteiger partial charge in [0.05, 0.1) is 6.04 Å². The number of amides is 1.